The third-order valence-electron chi connectivity index (χ3n) is 3.56. The molecule has 0 saturated carbocycles. The highest BCUT2D eigenvalue weighted by Gasteiger charge is 2.36. The fourth-order valence-electron chi connectivity index (χ4n) is 2.50. The van der Waals surface area contributed by atoms with Gasteiger partial charge in [0, 0.05) is 6.54 Å². The fraction of sp³-hybridized carbons (Fsp3) is 0.429. The van der Waals surface area contributed by atoms with E-state index in [0.717, 1.165) is 0 Å². The van der Waals surface area contributed by atoms with E-state index in [9.17, 15) is 14.0 Å². The first-order valence-electron chi connectivity index (χ1n) is 6.30. The molecule has 1 aliphatic heterocycles. The van der Waals surface area contributed by atoms with E-state index in [1.54, 1.807) is 25.1 Å². The van der Waals surface area contributed by atoms with Gasteiger partial charge in [0.15, 0.2) is 0 Å². The Morgan fingerprint density at radius 2 is 2.11 bits per heavy atom. The van der Waals surface area contributed by atoms with Crippen LogP contribution in [-0.4, -0.2) is 34.5 Å². The number of aliphatic carboxylic acids is 1. The van der Waals surface area contributed by atoms with Crippen molar-refractivity contribution in [3.05, 3.63) is 35.6 Å². The summed E-state index contributed by atoms with van der Waals surface area (Å²) in [6, 6.07) is 5.32. The topological polar surface area (TPSA) is 57.6 Å². The van der Waals surface area contributed by atoms with Crippen molar-refractivity contribution in [1.82, 2.24) is 4.90 Å². The summed E-state index contributed by atoms with van der Waals surface area (Å²) in [6.45, 7) is 2.03. The number of benzene rings is 1. The van der Waals surface area contributed by atoms with Gasteiger partial charge in [-0.05, 0) is 31.4 Å². The molecule has 4 nitrogen and oxygen atoms in total. The van der Waals surface area contributed by atoms with Gasteiger partial charge in [-0.25, -0.2) is 9.18 Å². The number of hydrogen-bond acceptors (Lipinski definition) is 2. The molecular formula is C14H16FNO3. The first-order valence-corrected chi connectivity index (χ1v) is 6.30. The highest BCUT2D eigenvalue weighted by Crippen LogP contribution is 2.26. The van der Waals surface area contributed by atoms with Crippen molar-refractivity contribution in [2.24, 2.45) is 0 Å². The van der Waals surface area contributed by atoms with Gasteiger partial charge in [0.25, 0.3) is 0 Å². The van der Waals surface area contributed by atoms with Crippen LogP contribution in [0.15, 0.2) is 24.3 Å². The molecule has 1 aromatic rings. The second kappa shape index (κ2) is 5.38. The van der Waals surface area contributed by atoms with Gasteiger partial charge in [-0.15, -0.1) is 0 Å². The molecule has 102 valence electrons. The van der Waals surface area contributed by atoms with E-state index >= 15 is 0 Å². The summed E-state index contributed by atoms with van der Waals surface area (Å²) in [5, 5.41) is 9.07. The van der Waals surface area contributed by atoms with Gasteiger partial charge in [0.2, 0.25) is 5.91 Å². The number of carboxylic acid groups (broad SMARTS) is 1. The van der Waals surface area contributed by atoms with Gasteiger partial charge in [0.1, 0.15) is 11.9 Å². The molecule has 1 saturated heterocycles. The summed E-state index contributed by atoms with van der Waals surface area (Å²) in [4.78, 5) is 24.7. The standard InChI is InChI=1S/C14H16FNO3/c1-9(10-5-2-3-6-11(10)15)13(17)16-8-4-7-12(16)14(18)19/h2-3,5-6,9,12H,4,7-8H2,1H3,(H,18,19)/t9-,12-/m1/s1. The molecule has 2 rings (SSSR count). The third-order valence-corrected chi connectivity index (χ3v) is 3.56. The van der Waals surface area contributed by atoms with E-state index in [1.165, 1.54) is 11.0 Å². The van der Waals surface area contributed by atoms with Gasteiger partial charge >= 0.3 is 5.97 Å². The number of halogens is 1. The predicted molar refractivity (Wildman–Crippen MR) is 67.2 cm³/mol. The summed E-state index contributed by atoms with van der Waals surface area (Å²) < 4.78 is 13.7. The molecule has 0 unspecified atom stereocenters. The molecule has 0 aromatic heterocycles. The molecule has 1 aliphatic rings. The molecule has 0 spiro atoms. The Morgan fingerprint density at radius 3 is 2.74 bits per heavy atom. The van der Waals surface area contributed by atoms with Crippen LogP contribution in [0.2, 0.25) is 0 Å². The number of amides is 1. The highest BCUT2D eigenvalue weighted by molar-refractivity contribution is 5.88. The zero-order chi connectivity index (χ0) is 14.0. The number of carbonyl (C=O) groups is 2. The number of likely N-dealkylation sites (tertiary alicyclic amines) is 1. The zero-order valence-corrected chi connectivity index (χ0v) is 10.7. The quantitative estimate of drug-likeness (QED) is 0.909. The molecule has 0 aliphatic carbocycles. The molecule has 1 N–H and O–H groups in total. The second-order valence-corrected chi connectivity index (χ2v) is 4.77. The number of carboxylic acids is 1. The SMILES string of the molecule is C[C@@H](C(=O)N1CCC[C@@H]1C(=O)O)c1ccccc1F. The Hall–Kier alpha value is -1.91. The van der Waals surface area contributed by atoms with Crippen molar-refractivity contribution < 1.29 is 19.1 Å². The van der Waals surface area contributed by atoms with Gasteiger partial charge < -0.3 is 10.0 Å². The van der Waals surface area contributed by atoms with Gasteiger partial charge in [-0.1, -0.05) is 18.2 Å². The molecule has 1 heterocycles. The summed E-state index contributed by atoms with van der Waals surface area (Å²) >= 11 is 0. The minimum absolute atomic E-state index is 0.309. The smallest absolute Gasteiger partial charge is 0.326 e. The fourth-order valence-corrected chi connectivity index (χ4v) is 2.50. The molecule has 0 bridgehead atoms. The number of nitrogens with zero attached hydrogens (tertiary/aromatic N) is 1. The van der Waals surface area contributed by atoms with Crippen molar-refractivity contribution in [2.45, 2.75) is 31.7 Å². The lowest BCUT2D eigenvalue weighted by Crippen LogP contribution is -2.42. The average Bonchev–Trinajstić information content (AvgIpc) is 2.87. The van der Waals surface area contributed by atoms with Crippen LogP contribution in [0, 0.1) is 5.82 Å². The van der Waals surface area contributed by atoms with Crippen LogP contribution < -0.4 is 0 Å². The third kappa shape index (κ3) is 2.59. The maximum atomic E-state index is 13.7. The molecular weight excluding hydrogens is 249 g/mol. The van der Waals surface area contributed by atoms with Crippen molar-refractivity contribution in [3.8, 4) is 0 Å². The van der Waals surface area contributed by atoms with Crippen LogP contribution >= 0.6 is 0 Å². The molecule has 0 radical (unpaired) electrons. The van der Waals surface area contributed by atoms with E-state index in [2.05, 4.69) is 0 Å². The summed E-state index contributed by atoms with van der Waals surface area (Å²) in [5.74, 6) is -2.42. The second-order valence-electron chi connectivity index (χ2n) is 4.77. The Labute approximate surface area is 110 Å². The Kier molecular flexibility index (Phi) is 3.83. The van der Waals surface area contributed by atoms with E-state index < -0.39 is 23.7 Å². The van der Waals surface area contributed by atoms with Crippen LogP contribution in [0.5, 0.6) is 0 Å². The van der Waals surface area contributed by atoms with Crippen molar-refractivity contribution >= 4 is 11.9 Å². The van der Waals surface area contributed by atoms with Crippen LogP contribution in [0.25, 0.3) is 0 Å². The lowest BCUT2D eigenvalue weighted by Gasteiger charge is -2.25. The first kappa shape index (κ1) is 13.5. The number of carbonyl (C=O) groups excluding carboxylic acids is 1. The van der Waals surface area contributed by atoms with Crippen LogP contribution in [0.1, 0.15) is 31.2 Å². The van der Waals surface area contributed by atoms with E-state index in [4.69, 9.17) is 5.11 Å². The molecule has 1 aromatic carbocycles. The van der Waals surface area contributed by atoms with Gasteiger partial charge in [0.05, 0.1) is 5.92 Å². The Morgan fingerprint density at radius 1 is 1.42 bits per heavy atom. The molecule has 5 heteroatoms. The summed E-state index contributed by atoms with van der Waals surface area (Å²) in [6.07, 6.45) is 1.14. The zero-order valence-electron chi connectivity index (χ0n) is 10.7. The monoisotopic (exact) mass is 265 g/mol. The normalized spacial score (nSPS) is 20.3. The van der Waals surface area contributed by atoms with Gasteiger partial charge in [-0.2, -0.15) is 0 Å². The predicted octanol–water partition coefficient (Wildman–Crippen LogP) is 2.00. The lowest BCUT2D eigenvalue weighted by molar-refractivity contribution is -0.148. The number of rotatable bonds is 3. The molecule has 2 atom stereocenters. The molecule has 19 heavy (non-hydrogen) atoms. The minimum Gasteiger partial charge on any atom is -0.480 e. The first-order chi connectivity index (χ1) is 9.02. The van der Waals surface area contributed by atoms with Crippen LogP contribution in [-0.2, 0) is 9.59 Å². The van der Waals surface area contributed by atoms with Gasteiger partial charge in [-0.3, -0.25) is 4.79 Å². The minimum atomic E-state index is -0.994. The maximum Gasteiger partial charge on any atom is 0.326 e. The van der Waals surface area contributed by atoms with Crippen LogP contribution in [0.3, 0.4) is 0 Å². The average molecular weight is 265 g/mol. The molecule has 1 fully saturated rings. The van der Waals surface area contributed by atoms with E-state index in [0.29, 0.717) is 24.9 Å². The van der Waals surface area contributed by atoms with E-state index in [-0.39, 0.29) is 5.91 Å². The van der Waals surface area contributed by atoms with E-state index in [1.807, 2.05) is 0 Å². The lowest BCUT2D eigenvalue weighted by atomic mass is 9.99. The highest BCUT2D eigenvalue weighted by atomic mass is 19.1. The Balaban J connectivity index is 2.20. The summed E-state index contributed by atoms with van der Waals surface area (Å²) in [5.41, 5.74) is 0.309. The largest absolute Gasteiger partial charge is 0.480 e. The van der Waals surface area contributed by atoms with Crippen molar-refractivity contribution in [1.29, 1.82) is 0 Å². The Bertz CT molecular complexity index is 503. The van der Waals surface area contributed by atoms with Crippen molar-refractivity contribution in [2.75, 3.05) is 6.54 Å². The summed E-state index contributed by atoms with van der Waals surface area (Å²) in [7, 11) is 0. The number of hydrogen-bond donors (Lipinski definition) is 1. The maximum absolute atomic E-state index is 13.7. The molecule has 1 amide bonds. The van der Waals surface area contributed by atoms with Crippen LogP contribution in [0.4, 0.5) is 4.39 Å². The van der Waals surface area contributed by atoms with Crippen molar-refractivity contribution in [3.63, 3.8) is 0 Å².